The zero-order valence-corrected chi connectivity index (χ0v) is 7.96. The van der Waals surface area contributed by atoms with Crippen LogP contribution in [0.4, 0.5) is 0 Å². The fraction of sp³-hybridized carbons (Fsp3) is 0.200. The summed E-state index contributed by atoms with van der Waals surface area (Å²) in [5.41, 5.74) is 3.05. The highest BCUT2D eigenvalue weighted by molar-refractivity contribution is 6.01. The normalized spacial score (nSPS) is 10.7. The molecule has 2 N–H and O–H groups in total. The first-order valence-electron chi connectivity index (χ1n) is 4.28. The van der Waals surface area contributed by atoms with Crippen LogP contribution in [0, 0.1) is 13.8 Å². The van der Waals surface area contributed by atoms with Crippen molar-refractivity contribution in [2.75, 3.05) is 0 Å². The number of aromatic nitrogens is 2. The summed E-state index contributed by atoms with van der Waals surface area (Å²) in [5, 5.41) is 16.0. The average molecular weight is 190 g/mol. The van der Waals surface area contributed by atoms with E-state index in [1.165, 1.54) is 0 Å². The van der Waals surface area contributed by atoms with Gasteiger partial charge < -0.3 is 5.11 Å². The van der Waals surface area contributed by atoms with Gasteiger partial charge in [-0.25, -0.2) is 4.79 Å². The highest BCUT2D eigenvalue weighted by Crippen LogP contribution is 2.20. The van der Waals surface area contributed by atoms with Crippen molar-refractivity contribution < 1.29 is 9.90 Å². The smallest absolute Gasteiger partial charge is 0.357 e. The first-order valence-corrected chi connectivity index (χ1v) is 4.28. The first kappa shape index (κ1) is 8.74. The van der Waals surface area contributed by atoms with Crippen molar-refractivity contribution in [3.8, 4) is 0 Å². The summed E-state index contributed by atoms with van der Waals surface area (Å²) in [6, 6.07) is 3.75. The Morgan fingerprint density at radius 1 is 1.36 bits per heavy atom. The summed E-state index contributed by atoms with van der Waals surface area (Å²) in [5.74, 6) is -1.00. The maximum atomic E-state index is 10.8. The zero-order valence-electron chi connectivity index (χ0n) is 7.96. The van der Waals surface area contributed by atoms with Gasteiger partial charge in [-0.05, 0) is 37.1 Å². The molecule has 0 aliphatic heterocycles. The van der Waals surface area contributed by atoms with Gasteiger partial charge in [0, 0.05) is 5.39 Å². The van der Waals surface area contributed by atoms with E-state index in [2.05, 4.69) is 10.2 Å². The first-order chi connectivity index (χ1) is 6.59. The third-order valence-corrected chi connectivity index (χ3v) is 2.38. The minimum absolute atomic E-state index is 0.0862. The van der Waals surface area contributed by atoms with Gasteiger partial charge in [-0.3, -0.25) is 5.10 Å². The summed E-state index contributed by atoms with van der Waals surface area (Å²) in [6.45, 7) is 3.93. The van der Waals surface area contributed by atoms with Crippen LogP contribution in [0.1, 0.15) is 21.6 Å². The Hall–Kier alpha value is -1.84. The van der Waals surface area contributed by atoms with Crippen molar-refractivity contribution in [3.63, 3.8) is 0 Å². The van der Waals surface area contributed by atoms with Crippen LogP contribution in [0.5, 0.6) is 0 Å². The van der Waals surface area contributed by atoms with Crippen LogP contribution in [0.15, 0.2) is 12.1 Å². The number of carboxylic acids is 1. The molecule has 0 atom stereocenters. The lowest BCUT2D eigenvalue weighted by Gasteiger charge is -1.98. The van der Waals surface area contributed by atoms with E-state index in [4.69, 9.17) is 5.11 Å². The second-order valence-electron chi connectivity index (χ2n) is 3.36. The number of fused-ring (bicyclic) bond motifs is 1. The molecular weight excluding hydrogens is 180 g/mol. The van der Waals surface area contributed by atoms with E-state index in [1.54, 1.807) is 0 Å². The van der Waals surface area contributed by atoms with E-state index in [0.29, 0.717) is 5.39 Å². The van der Waals surface area contributed by atoms with E-state index in [1.807, 2.05) is 26.0 Å². The Balaban J connectivity index is 2.80. The topological polar surface area (TPSA) is 66.0 Å². The molecule has 4 heteroatoms. The second kappa shape index (κ2) is 2.83. The van der Waals surface area contributed by atoms with Crippen molar-refractivity contribution in [1.29, 1.82) is 0 Å². The van der Waals surface area contributed by atoms with E-state index in [9.17, 15) is 4.79 Å². The fourth-order valence-electron chi connectivity index (χ4n) is 1.44. The van der Waals surface area contributed by atoms with Crippen LogP contribution in [-0.4, -0.2) is 21.3 Å². The number of aromatic carboxylic acids is 1. The van der Waals surface area contributed by atoms with Crippen molar-refractivity contribution >= 4 is 16.9 Å². The predicted molar refractivity (Wildman–Crippen MR) is 52.5 cm³/mol. The molecule has 0 aliphatic carbocycles. The molecule has 0 radical (unpaired) electrons. The van der Waals surface area contributed by atoms with Gasteiger partial charge in [0.25, 0.3) is 0 Å². The van der Waals surface area contributed by atoms with Gasteiger partial charge in [0.05, 0.1) is 5.52 Å². The van der Waals surface area contributed by atoms with Crippen molar-refractivity contribution in [2.45, 2.75) is 13.8 Å². The summed E-state index contributed by atoms with van der Waals surface area (Å²) in [7, 11) is 0. The standard InChI is InChI=1S/C10H10N2O2/c1-5-3-7-8(4-6(5)2)11-12-9(7)10(13)14/h3-4H,1-2H3,(H,11,12)(H,13,14). The summed E-state index contributed by atoms with van der Waals surface area (Å²) in [4.78, 5) is 10.8. The van der Waals surface area contributed by atoms with Crippen LogP contribution >= 0.6 is 0 Å². The molecule has 4 nitrogen and oxygen atoms in total. The number of aromatic amines is 1. The van der Waals surface area contributed by atoms with Crippen LogP contribution in [0.25, 0.3) is 10.9 Å². The Bertz CT molecular complexity index is 514. The minimum atomic E-state index is -1.00. The van der Waals surface area contributed by atoms with Crippen molar-refractivity contribution in [3.05, 3.63) is 29.0 Å². The number of carbonyl (C=O) groups is 1. The second-order valence-corrected chi connectivity index (χ2v) is 3.36. The molecule has 0 bridgehead atoms. The number of H-pyrrole nitrogens is 1. The Morgan fingerprint density at radius 2 is 2.00 bits per heavy atom. The van der Waals surface area contributed by atoms with Gasteiger partial charge >= 0.3 is 5.97 Å². The Morgan fingerprint density at radius 3 is 2.64 bits per heavy atom. The maximum Gasteiger partial charge on any atom is 0.357 e. The average Bonchev–Trinajstić information content (AvgIpc) is 2.48. The van der Waals surface area contributed by atoms with Gasteiger partial charge in [0.15, 0.2) is 5.69 Å². The number of nitrogens with one attached hydrogen (secondary N) is 1. The molecule has 1 heterocycles. The third-order valence-electron chi connectivity index (χ3n) is 2.38. The van der Waals surface area contributed by atoms with Crippen molar-refractivity contribution in [2.24, 2.45) is 0 Å². The molecular formula is C10H10N2O2. The van der Waals surface area contributed by atoms with Gasteiger partial charge in [-0.15, -0.1) is 0 Å². The predicted octanol–water partition coefficient (Wildman–Crippen LogP) is 1.88. The molecule has 0 fully saturated rings. The number of nitrogens with zero attached hydrogens (tertiary/aromatic N) is 1. The molecule has 0 amide bonds. The minimum Gasteiger partial charge on any atom is -0.476 e. The summed E-state index contributed by atoms with van der Waals surface area (Å²) in [6.07, 6.45) is 0. The molecule has 2 aromatic rings. The van der Waals surface area contributed by atoms with E-state index >= 15 is 0 Å². The number of benzene rings is 1. The van der Waals surface area contributed by atoms with E-state index < -0.39 is 5.97 Å². The molecule has 1 aromatic heterocycles. The number of hydrogen-bond acceptors (Lipinski definition) is 2. The Labute approximate surface area is 80.6 Å². The molecule has 14 heavy (non-hydrogen) atoms. The van der Waals surface area contributed by atoms with Crippen molar-refractivity contribution in [1.82, 2.24) is 10.2 Å². The molecule has 72 valence electrons. The molecule has 1 aromatic carbocycles. The van der Waals surface area contributed by atoms with Gasteiger partial charge in [-0.2, -0.15) is 5.10 Å². The number of aryl methyl sites for hydroxylation is 2. The number of carboxylic acid groups (broad SMARTS) is 1. The quantitative estimate of drug-likeness (QED) is 0.721. The lowest BCUT2D eigenvalue weighted by atomic mass is 10.1. The van der Waals surface area contributed by atoms with Crippen LogP contribution < -0.4 is 0 Å². The zero-order chi connectivity index (χ0) is 10.3. The van der Waals surface area contributed by atoms with Gasteiger partial charge in [0.1, 0.15) is 0 Å². The molecule has 0 saturated heterocycles. The maximum absolute atomic E-state index is 10.8. The molecule has 0 spiro atoms. The Kier molecular flexibility index (Phi) is 1.77. The molecule has 0 aliphatic rings. The fourth-order valence-corrected chi connectivity index (χ4v) is 1.44. The van der Waals surface area contributed by atoms with E-state index in [-0.39, 0.29) is 5.69 Å². The number of hydrogen-bond donors (Lipinski definition) is 2. The lowest BCUT2D eigenvalue weighted by molar-refractivity contribution is 0.0692. The number of rotatable bonds is 1. The van der Waals surface area contributed by atoms with Crippen LogP contribution in [-0.2, 0) is 0 Å². The SMILES string of the molecule is Cc1cc2[nH]nc(C(=O)O)c2cc1C. The molecule has 0 unspecified atom stereocenters. The van der Waals surface area contributed by atoms with Gasteiger partial charge in [0.2, 0.25) is 0 Å². The van der Waals surface area contributed by atoms with E-state index in [0.717, 1.165) is 16.6 Å². The highest BCUT2D eigenvalue weighted by Gasteiger charge is 2.12. The lowest BCUT2D eigenvalue weighted by Crippen LogP contribution is -1.96. The van der Waals surface area contributed by atoms with Crippen LogP contribution in [0.3, 0.4) is 0 Å². The molecule has 2 rings (SSSR count). The summed E-state index contributed by atoms with van der Waals surface area (Å²) < 4.78 is 0. The summed E-state index contributed by atoms with van der Waals surface area (Å²) >= 11 is 0. The largest absolute Gasteiger partial charge is 0.476 e. The van der Waals surface area contributed by atoms with Crippen LogP contribution in [0.2, 0.25) is 0 Å². The molecule has 0 saturated carbocycles. The monoisotopic (exact) mass is 190 g/mol. The van der Waals surface area contributed by atoms with Gasteiger partial charge in [-0.1, -0.05) is 0 Å². The third kappa shape index (κ3) is 1.16. The highest BCUT2D eigenvalue weighted by atomic mass is 16.4.